The molecule has 0 unspecified atom stereocenters. The van der Waals surface area contributed by atoms with Crippen LogP contribution in [0.15, 0.2) is 29.2 Å². The number of rotatable bonds is 7. The van der Waals surface area contributed by atoms with E-state index in [4.69, 9.17) is 10.00 Å². The van der Waals surface area contributed by atoms with E-state index in [1.807, 2.05) is 6.92 Å². The van der Waals surface area contributed by atoms with Gasteiger partial charge in [0.05, 0.1) is 10.5 Å². The van der Waals surface area contributed by atoms with E-state index in [1.54, 1.807) is 17.0 Å². The lowest BCUT2D eigenvalue weighted by Crippen LogP contribution is -2.45. The van der Waals surface area contributed by atoms with Gasteiger partial charge in [-0.1, -0.05) is 19.1 Å². The number of piperidine rings is 1. The third-order valence-electron chi connectivity index (χ3n) is 4.48. The minimum atomic E-state index is -4.04. The third kappa shape index (κ3) is 5.52. The number of carbonyl (C=O) groups excluding carboxylic acids is 2. The first-order chi connectivity index (χ1) is 12.9. The lowest BCUT2D eigenvalue weighted by Gasteiger charge is -2.35. The van der Waals surface area contributed by atoms with Crippen molar-refractivity contribution in [3.8, 4) is 6.07 Å². The van der Waals surface area contributed by atoms with E-state index in [0.29, 0.717) is 6.54 Å². The van der Waals surface area contributed by atoms with Crippen LogP contribution in [0.1, 0.15) is 38.2 Å². The number of carbonyl (C=O) groups is 2. The molecule has 1 aliphatic rings. The number of hydrogen-bond acceptors (Lipinski definition) is 6. The lowest BCUT2D eigenvalue weighted by atomic mass is 10.00. The fourth-order valence-electron chi connectivity index (χ4n) is 3.05. The van der Waals surface area contributed by atoms with Gasteiger partial charge in [-0.3, -0.25) is 9.59 Å². The molecular weight excluding hydrogens is 370 g/mol. The summed E-state index contributed by atoms with van der Waals surface area (Å²) in [6.45, 7) is 1.63. The van der Waals surface area contributed by atoms with Gasteiger partial charge in [0.25, 0.3) is 5.91 Å². The summed E-state index contributed by atoms with van der Waals surface area (Å²) >= 11 is 0. The molecule has 1 aromatic rings. The standard InChI is InChI=1S/C18H23N3O5S/c1-2-15-8-5-6-10-21(15)17(22)13-26-18(23)12-20-27(24,25)16-9-4-3-7-14(16)11-19/h3-4,7,9,15,20H,2,5-6,8,10,12-13H2,1H3/t15-/m1/s1. The molecular formula is C18H23N3O5S. The van der Waals surface area contributed by atoms with Crippen LogP contribution in [-0.4, -0.2) is 50.9 Å². The largest absolute Gasteiger partial charge is 0.455 e. The van der Waals surface area contributed by atoms with Crippen molar-refractivity contribution in [2.45, 2.75) is 43.5 Å². The quantitative estimate of drug-likeness (QED) is 0.695. The Balaban J connectivity index is 1.87. The molecule has 1 aliphatic heterocycles. The van der Waals surface area contributed by atoms with Crippen molar-refractivity contribution in [1.82, 2.24) is 9.62 Å². The van der Waals surface area contributed by atoms with E-state index in [2.05, 4.69) is 4.72 Å². The van der Waals surface area contributed by atoms with Crippen molar-refractivity contribution in [3.63, 3.8) is 0 Å². The first-order valence-electron chi connectivity index (χ1n) is 8.83. The maximum atomic E-state index is 12.3. The van der Waals surface area contributed by atoms with Gasteiger partial charge in [0.15, 0.2) is 6.61 Å². The average molecular weight is 393 g/mol. The van der Waals surface area contributed by atoms with Crippen LogP contribution in [0.25, 0.3) is 0 Å². The SMILES string of the molecule is CC[C@@H]1CCCCN1C(=O)COC(=O)CNS(=O)(=O)c1ccccc1C#N. The molecule has 1 amide bonds. The van der Waals surface area contributed by atoms with Crippen LogP contribution in [0.3, 0.4) is 0 Å². The minimum Gasteiger partial charge on any atom is -0.455 e. The summed E-state index contributed by atoms with van der Waals surface area (Å²) < 4.78 is 31.5. The Hall–Kier alpha value is -2.44. The molecule has 1 saturated heterocycles. The minimum absolute atomic E-state index is 0.0238. The van der Waals surface area contributed by atoms with E-state index in [1.165, 1.54) is 18.2 Å². The summed E-state index contributed by atoms with van der Waals surface area (Å²) in [4.78, 5) is 25.6. The maximum Gasteiger partial charge on any atom is 0.321 e. The lowest BCUT2D eigenvalue weighted by molar-refractivity contribution is -0.152. The summed E-state index contributed by atoms with van der Waals surface area (Å²) in [7, 11) is -4.04. The molecule has 2 rings (SSSR count). The number of esters is 1. The van der Waals surface area contributed by atoms with Crippen molar-refractivity contribution in [1.29, 1.82) is 5.26 Å². The van der Waals surface area contributed by atoms with Crippen molar-refractivity contribution >= 4 is 21.9 Å². The number of amides is 1. The molecule has 1 N–H and O–H groups in total. The van der Waals surface area contributed by atoms with E-state index in [0.717, 1.165) is 25.7 Å². The maximum absolute atomic E-state index is 12.3. The van der Waals surface area contributed by atoms with E-state index < -0.39 is 29.1 Å². The zero-order valence-corrected chi connectivity index (χ0v) is 16.0. The Morgan fingerprint density at radius 2 is 2.07 bits per heavy atom. The highest BCUT2D eigenvalue weighted by Gasteiger charge is 2.26. The van der Waals surface area contributed by atoms with Crippen LogP contribution in [0.2, 0.25) is 0 Å². The van der Waals surface area contributed by atoms with Gasteiger partial charge in [-0.2, -0.15) is 9.98 Å². The molecule has 8 nitrogen and oxygen atoms in total. The summed E-state index contributed by atoms with van der Waals surface area (Å²) in [5, 5.41) is 8.99. The number of benzene rings is 1. The highest BCUT2D eigenvalue weighted by molar-refractivity contribution is 7.89. The fourth-order valence-corrected chi connectivity index (χ4v) is 4.18. The van der Waals surface area contributed by atoms with Gasteiger partial charge < -0.3 is 9.64 Å². The van der Waals surface area contributed by atoms with Crippen LogP contribution in [0.5, 0.6) is 0 Å². The van der Waals surface area contributed by atoms with Crippen LogP contribution in [0, 0.1) is 11.3 Å². The van der Waals surface area contributed by atoms with E-state index in [9.17, 15) is 18.0 Å². The normalized spacial score (nSPS) is 17.2. The highest BCUT2D eigenvalue weighted by atomic mass is 32.2. The second-order valence-electron chi connectivity index (χ2n) is 6.24. The van der Waals surface area contributed by atoms with E-state index >= 15 is 0 Å². The van der Waals surface area contributed by atoms with Crippen LogP contribution in [-0.2, 0) is 24.3 Å². The molecule has 0 aliphatic carbocycles. The first kappa shape index (κ1) is 20.9. The molecule has 146 valence electrons. The summed E-state index contributed by atoms with van der Waals surface area (Å²) in [5.74, 6) is -1.13. The predicted octanol–water partition coefficient (Wildman–Crippen LogP) is 1.17. The Kier molecular flexibility index (Phi) is 7.33. The van der Waals surface area contributed by atoms with Gasteiger partial charge in [0.1, 0.15) is 12.6 Å². The second kappa shape index (κ2) is 9.48. The zero-order valence-electron chi connectivity index (χ0n) is 15.2. The third-order valence-corrected chi connectivity index (χ3v) is 5.94. The molecule has 0 bridgehead atoms. The van der Waals surface area contributed by atoms with Gasteiger partial charge in [-0.25, -0.2) is 8.42 Å². The molecule has 27 heavy (non-hydrogen) atoms. The van der Waals surface area contributed by atoms with Crippen LogP contribution < -0.4 is 4.72 Å². The summed E-state index contributed by atoms with van der Waals surface area (Å²) in [6, 6.07) is 7.62. The number of nitrogens with one attached hydrogen (secondary N) is 1. The van der Waals surface area contributed by atoms with Crippen molar-refractivity contribution in [2.75, 3.05) is 19.7 Å². The zero-order chi connectivity index (χ0) is 19.9. The molecule has 9 heteroatoms. The summed E-state index contributed by atoms with van der Waals surface area (Å²) in [5.41, 5.74) is -0.0238. The number of likely N-dealkylation sites (tertiary alicyclic amines) is 1. The molecule has 1 atom stereocenters. The second-order valence-corrected chi connectivity index (χ2v) is 7.97. The van der Waals surface area contributed by atoms with E-state index in [-0.39, 0.29) is 22.4 Å². The van der Waals surface area contributed by atoms with Gasteiger partial charge in [-0.05, 0) is 37.8 Å². The smallest absolute Gasteiger partial charge is 0.321 e. The van der Waals surface area contributed by atoms with Gasteiger partial charge >= 0.3 is 5.97 Å². The van der Waals surface area contributed by atoms with Crippen LogP contribution in [0.4, 0.5) is 0 Å². The summed E-state index contributed by atoms with van der Waals surface area (Å²) in [6.07, 6.45) is 3.79. The topological polar surface area (TPSA) is 117 Å². The number of ether oxygens (including phenoxy) is 1. The highest BCUT2D eigenvalue weighted by Crippen LogP contribution is 2.19. The fraction of sp³-hybridized carbons (Fsp3) is 0.500. The Morgan fingerprint density at radius 3 is 2.78 bits per heavy atom. The van der Waals surface area contributed by atoms with Gasteiger partial charge in [0.2, 0.25) is 10.0 Å². The number of nitrogens with zero attached hydrogens (tertiary/aromatic N) is 2. The Bertz CT molecular complexity index is 832. The van der Waals surface area contributed by atoms with Crippen molar-refractivity contribution in [3.05, 3.63) is 29.8 Å². The van der Waals surface area contributed by atoms with Crippen molar-refractivity contribution < 1.29 is 22.7 Å². The number of sulfonamides is 1. The Morgan fingerprint density at radius 1 is 1.33 bits per heavy atom. The number of nitriles is 1. The average Bonchev–Trinajstić information content (AvgIpc) is 2.70. The number of hydrogen-bond donors (Lipinski definition) is 1. The van der Waals surface area contributed by atoms with Crippen LogP contribution >= 0.6 is 0 Å². The molecule has 1 heterocycles. The molecule has 0 saturated carbocycles. The monoisotopic (exact) mass is 393 g/mol. The molecule has 1 fully saturated rings. The molecule has 0 aromatic heterocycles. The predicted molar refractivity (Wildman–Crippen MR) is 96.9 cm³/mol. The Labute approximate surface area is 159 Å². The molecule has 1 aromatic carbocycles. The van der Waals surface area contributed by atoms with Gasteiger partial charge in [0, 0.05) is 12.6 Å². The van der Waals surface area contributed by atoms with Gasteiger partial charge in [-0.15, -0.1) is 0 Å². The molecule has 0 spiro atoms. The van der Waals surface area contributed by atoms with Crippen molar-refractivity contribution in [2.24, 2.45) is 0 Å². The first-order valence-corrected chi connectivity index (χ1v) is 10.3. The molecule has 0 radical (unpaired) electrons.